The number of ether oxygens (including phenoxy) is 1. The first-order valence-corrected chi connectivity index (χ1v) is 8.41. The quantitative estimate of drug-likeness (QED) is 0.735. The molecular formula is C17H19F3N4O3. The summed E-state index contributed by atoms with van der Waals surface area (Å²) in [6.45, 7) is 0. The lowest BCUT2D eigenvalue weighted by Gasteiger charge is -2.25. The Morgan fingerprint density at radius 2 is 1.85 bits per heavy atom. The topological polar surface area (TPSA) is 102 Å². The number of alkyl halides is 3. The van der Waals surface area contributed by atoms with Gasteiger partial charge in [-0.2, -0.15) is 5.10 Å². The Labute approximate surface area is 152 Å². The Balaban J connectivity index is 1.76. The lowest BCUT2D eigenvalue weighted by Crippen LogP contribution is -2.21. The van der Waals surface area contributed by atoms with E-state index in [2.05, 4.69) is 15.2 Å². The monoisotopic (exact) mass is 384 g/mol. The maximum Gasteiger partial charge on any atom is 0.573 e. The zero-order valence-corrected chi connectivity index (χ0v) is 14.2. The Morgan fingerprint density at radius 3 is 2.41 bits per heavy atom. The number of nitrogens with zero attached hydrogens (tertiary/aromatic N) is 2. The molecule has 4 N–H and O–H groups in total. The van der Waals surface area contributed by atoms with Gasteiger partial charge in [0.15, 0.2) is 5.82 Å². The number of rotatable bonds is 5. The van der Waals surface area contributed by atoms with Crippen LogP contribution in [0, 0.1) is 0 Å². The summed E-state index contributed by atoms with van der Waals surface area (Å²) >= 11 is 0. The molecule has 0 spiro atoms. The van der Waals surface area contributed by atoms with Crippen LogP contribution < -0.4 is 15.8 Å². The fourth-order valence-corrected chi connectivity index (χ4v) is 3.05. The number of amides is 1. The fourth-order valence-electron chi connectivity index (χ4n) is 3.05. The van der Waals surface area contributed by atoms with Crippen LogP contribution in [0.15, 0.2) is 30.5 Å². The van der Waals surface area contributed by atoms with Gasteiger partial charge in [-0.1, -0.05) is 0 Å². The highest BCUT2D eigenvalue weighted by molar-refractivity contribution is 5.98. The Morgan fingerprint density at radius 1 is 1.22 bits per heavy atom. The van der Waals surface area contributed by atoms with Crippen molar-refractivity contribution >= 4 is 17.4 Å². The summed E-state index contributed by atoms with van der Waals surface area (Å²) in [5.41, 5.74) is 6.01. The third-order valence-electron chi connectivity index (χ3n) is 4.39. The van der Waals surface area contributed by atoms with E-state index in [1.807, 2.05) is 0 Å². The second kappa shape index (κ2) is 7.47. The highest BCUT2D eigenvalue weighted by atomic mass is 19.4. The molecule has 0 radical (unpaired) electrons. The molecule has 1 fully saturated rings. The third kappa shape index (κ3) is 4.91. The summed E-state index contributed by atoms with van der Waals surface area (Å²) in [5, 5.41) is 16.9. The van der Waals surface area contributed by atoms with Crippen LogP contribution in [0.2, 0.25) is 0 Å². The molecule has 1 heterocycles. The Bertz CT molecular complexity index is 797. The predicted octanol–water partition coefficient (Wildman–Crippen LogP) is 3.10. The highest BCUT2D eigenvalue weighted by Crippen LogP contribution is 2.31. The number of nitrogens with one attached hydrogen (secondary N) is 1. The van der Waals surface area contributed by atoms with Gasteiger partial charge in [0, 0.05) is 11.9 Å². The van der Waals surface area contributed by atoms with Gasteiger partial charge in [0.1, 0.15) is 11.3 Å². The Hall–Kier alpha value is -2.75. The van der Waals surface area contributed by atoms with Gasteiger partial charge in [0.25, 0.3) is 5.91 Å². The van der Waals surface area contributed by atoms with Crippen molar-refractivity contribution in [2.75, 3.05) is 5.32 Å². The normalized spacial score (nSPS) is 20.3. The summed E-state index contributed by atoms with van der Waals surface area (Å²) in [6.07, 6.45) is -0.773. The van der Waals surface area contributed by atoms with E-state index >= 15 is 0 Å². The van der Waals surface area contributed by atoms with E-state index < -0.39 is 12.3 Å². The van der Waals surface area contributed by atoms with Crippen LogP contribution in [-0.2, 0) is 0 Å². The van der Waals surface area contributed by atoms with Gasteiger partial charge in [-0.05, 0) is 49.9 Å². The summed E-state index contributed by atoms with van der Waals surface area (Å²) in [5.74, 6) is -0.802. The van der Waals surface area contributed by atoms with E-state index in [-0.39, 0.29) is 29.3 Å². The zero-order valence-electron chi connectivity index (χ0n) is 14.2. The maximum absolute atomic E-state index is 12.2. The fraction of sp³-hybridized carbons (Fsp3) is 0.412. The smallest absolute Gasteiger partial charge is 0.406 e. The molecule has 0 aliphatic heterocycles. The highest BCUT2D eigenvalue weighted by Gasteiger charge is 2.31. The van der Waals surface area contributed by atoms with Gasteiger partial charge in [-0.25, -0.2) is 0 Å². The minimum absolute atomic E-state index is 0.0459. The number of halogens is 3. The number of hydrogen-bond donors (Lipinski definition) is 3. The summed E-state index contributed by atoms with van der Waals surface area (Å²) in [6, 6.07) is 5.10. The molecule has 0 atom stereocenters. The van der Waals surface area contributed by atoms with Gasteiger partial charge in [0.2, 0.25) is 0 Å². The Kier molecular flexibility index (Phi) is 5.26. The van der Waals surface area contributed by atoms with Gasteiger partial charge in [-0.3, -0.25) is 9.48 Å². The van der Waals surface area contributed by atoms with Crippen LogP contribution in [0.1, 0.15) is 42.1 Å². The molecule has 1 aromatic heterocycles. The number of aliphatic hydroxyl groups is 1. The average molecular weight is 384 g/mol. The number of aliphatic hydroxyl groups excluding tert-OH is 1. The van der Waals surface area contributed by atoms with Gasteiger partial charge in [0.05, 0.1) is 12.1 Å². The molecular weight excluding hydrogens is 365 g/mol. The number of carbonyl (C=O) groups excluding carboxylic acids is 1. The van der Waals surface area contributed by atoms with Crippen LogP contribution in [0.25, 0.3) is 0 Å². The second-order valence-electron chi connectivity index (χ2n) is 6.40. The lowest BCUT2D eigenvalue weighted by atomic mass is 9.93. The minimum Gasteiger partial charge on any atom is -0.406 e. The molecule has 0 unspecified atom stereocenters. The standard InChI is InChI=1S/C17H19F3N4O3/c18-17(19,20)27-13-7-1-10(2-8-13)22-16-14(15(21)26)9-24(23-16)11-3-5-12(25)6-4-11/h1-2,7-9,11-12,25H,3-6H2,(H2,21,26)(H,22,23). The van der Waals surface area contributed by atoms with Crippen molar-refractivity contribution in [1.29, 1.82) is 0 Å². The van der Waals surface area contributed by atoms with Crippen molar-refractivity contribution in [3.8, 4) is 5.75 Å². The lowest BCUT2D eigenvalue weighted by molar-refractivity contribution is -0.274. The molecule has 3 rings (SSSR count). The van der Waals surface area contributed by atoms with Crippen molar-refractivity contribution < 1.29 is 27.8 Å². The number of anilines is 2. The van der Waals surface area contributed by atoms with Crippen LogP contribution >= 0.6 is 0 Å². The van der Waals surface area contributed by atoms with E-state index in [9.17, 15) is 23.1 Å². The van der Waals surface area contributed by atoms with E-state index in [4.69, 9.17) is 5.73 Å². The first-order valence-electron chi connectivity index (χ1n) is 8.41. The molecule has 27 heavy (non-hydrogen) atoms. The summed E-state index contributed by atoms with van der Waals surface area (Å²) in [4.78, 5) is 11.7. The van der Waals surface area contributed by atoms with Crippen molar-refractivity contribution in [3.05, 3.63) is 36.0 Å². The third-order valence-corrected chi connectivity index (χ3v) is 4.39. The van der Waals surface area contributed by atoms with Crippen molar-refractivity contribution in [2.45, 2.75) is 44.2 Å². The molecule has 10 heteroatoms. The van der Waals surface area contributed by atoms with E-state index in [1.54, 1.807) is 10.9 Å². The second-order valence-corrected chi connectivity index (χ2v) is 6.40. The summed E-state index contributed by atoms with van der Waals surface area (Å²) < 4.78 is 42.1. The van der Waals surface area contributed by atoms with Crippen LogP contribution in [-0.4, -0.2) is 33.3 Å². The molecule has 0 saturated heterocycles. The van der Waals surface area contributed by atoms with E-state index in [1.165, 1.54) is 12.1 Å². The first kappa shape index (κ1) is 19.0. The van der Waals surface area contributed by atoms with E-state index in [0.29, 0.717) is 18.5 Å². The molecule has 7 nitrogen and oxygen atoms in total. The number of benzene rings is 1. The van der Waals surface area contributed by atoms with E-state index in [0.717, 1.165) is 25.0 Å². The molecule has 2 aromatic rings. The van der Waals surface area contributed by atoms with Crippen molar-refractivity contribution in [2.24, 2.45) is 5.73 Å². The number of hydrogen-bond acceptors (Lipinski definition) is 5. The largest absolute Gasteiger partial charge is 0.573 e. The molecule has 1 amide bonds. The van der Waals surface area contributed by atoms with Crippen molar-refractivity contribution in [1.82, 2.24) is 9.78 Å². The molecule has 146 valence electrons. The molecule has 1 aromatic carbocycles. The number of nitrogens with two attached hydrogens (primary N) is 1. The SMILES string of the molecule is NC(=O)c1cn(C2CCC(O)CC2)nc1Nc1ccc(OC(F)(F)F)cc1. The molecule has 0 bridgehead atoms. The van der Waals surface area contributed by atoms with Crippen LogP contribution in [0.5, 0.6) is 5.75 Å². The van der Waals surface area contributed by atoms with Crippen LogP contribution in [0.3, 0.4) is 0 Å². The predicted molar refractivity (Wildman–Crippen MR) is 90.7 cm³/mol. The number of aromatic nitrogens is 2. The molecule has 1 aliphatic rings. The minimum atomic E-state index is -4.76. The number of carbonyl (C=O) groups is 1. The number of primary amides is 1. The zero-order chi connectivity index (χ0) is 19.6. The maximum atomic E-state index is 12.2. The molecule has 1 saturated carbocycles. The summed E-state index contributed by atoms with van der Waals surface area (Å²) in [7, 11) is 0. The molecule has 1 aliphatic carbocycles. The van der Waals surface area contributed by atoms with Gasteiger partial charge >= 0.3 is 6.36 Å². The van der Waals surface area contributed by atoms with Crippen molar-refractivity contribution in [3.63, 3.8) is 0 Å². The van der Waals surface area contributed by atoms with Gasteiger partial charge < -0.3 is 20.9 Å². The first-order chi connectivity index (χ1) is 12.7. The van der Waals surface area contributed by atoms with Crippen LogP contribution in [0.4, 0.5) is 24.7 Å². The average Bonchev–Trinajstić information content (AvgIpc) is 3.00. The van der Waals surface area contributed by atoms with Gasteiger partial charge in [-0.15, -0.1) is 13.2 Å².